The van der Waals surface area contributed by atoms with Crippen molar-refractivity contribution in [3.63, 3.8) is 0 Å². The molecule has 0 saturated carbocycles. The molecule has 2 nitrogen and oxygen atoms in total. The lowest BCUT2D eigenvalue weighted by Crippen LogP contribution is -2.26. The van der Waals surface area contributed by atoms with Crippen molar-refractivity contribution in [3.05, 3.63) is 55.1 Å². The van der Waals surface area contributed by atoms with Crippen LogP contribution in [0.1, 0.15) is 21.5 Å². The van der Waals surface area contributed by atoms with Crippen molar-refractivity contribution >= 4 is 44.8 Å². The van der Waals surface area contributed by atoms with Crippen LogP contribution in [0.4, 0.5) is 0 Å². The molecule has 19 heavy (non-hydrogen) atoms. The van der Waals surface area contributed by atoms with Crippen LogP contribution < -0.4 is 0 Å². The average molecular weight is 359 g/mol. The van der Waals surface area contributed by atoms with Gasteiger partial charge in [-0.1, -0.05) is 17.7 Å². The number of rotatable bonds is 3. The number of halogens is 2. The predicted octanol–water partition coefficient (Wildman–Crippen LogP) is 4.74. The Balaban J connectivity index is 2.14. The van der Waals surface area contributed by atoms with Gasteiger partial charge in [-0.05, 0) is 57.6 Å². The number of nitrogens with zero attached hydrogens (tertiary/aromatic N) is 1. The minimum atomic E-state index is -0.0627. The van der Waals surface area contributed by atoms with Gasteiger partial charge in [-0.15, -0.1) is 11.3 Å². The summed E-state index contributed by atoms with van der Waals surface area (Å²) >= 11 is 11.2. The number of hydrogen-bond acceptors (Lipinski definition) is 2. The molecule has 0 atom stereocenters. The maximum atomic E-state index is 12.3. The first kappa shape index (κ1) is 14.6. The second-order valence-electron chi connectivity index (χ2n) is 4.40. The van der Waals surface area contributed by atoms with E-state index in [0.29, 0.717) is 17.1 Å². The number of hydrogen-bond donors (Lipinski definition) is 0. The zero-order valence-electron chi connectivity index (χ0n) is 10.6. The van der Waals surface area contributed by atoms with E-state index >= 15 is 0 Å². The maximum Gasteiger partial charge on any atom is 0.255 e. The third-order valence-corrected chi connectivity index (χ3v) is 4.61. The Morgan fingerprint density at radius 2 is 2.16 bits per heavy atom. The van der Waals surface area contributed by atoms with Gasteiger partial charge >= 0.3 is 0 Å². The monoisotopic (exact) mass is 357 g/mol. The number of carbonyl (C=O) groups is 1. The molecule has 0 aliphatic rings. The number of benzene rings is 1. The smallest absolute Gasteiger partial charge is 0.255 e. The van der Waals surface area contributed by atoms with Gasteiger partial charge in [0.15, 0.2) is 0 Å². The molecule has 0 aliphatic carbocycles. The van der Waals surface area contributed by atoms with Crippen molar-refractivity contribution in [2.75, 3.05) is 7.05 Å². The highest BCUT2D eigenvalue weighted by Crippen LogP contribution is 2.23. The van der Waals surface area contributed by atoms with Crippen molar-refractivity contribution in [1.29, 1.82) is 0 Å². The summed E-state index contributed by atoms with van der Waals surface area (Å²) in [7, 11) is 1.78. The van der Waals surface area contributed by atoms with Crippen LogP contribution in [0.25, 0.3) is 0 Å². The van der Waals surface area contributed by atoms with Crippen molar-refractivity contribution in [2.24, 2.45) is 0 Å². The van der Waals surface area contributed by atoms with Crippen molar-refractivity contribution in [2.45, 2.75) is 13.5 Å². The second-order valence-corrected chi connectivity index (χ2v) is 7.10. The minimum Gasteiger partial charge on any atom is -0.337 e. The summed E-state index contributed by atoms with van der Waals surface area (Å²) in [6.45, 7) is 2.53. The van der Waals surface area contributed by atoms with Gasteiger partial charge in [0.1, 0.15) is 0 Å². The largest absolute Gasteiger partial charge is 0.337 e. The Hall–Kier alpha value is -0.840. The van der Waals surface area contributed by atoms with Crippen molar-refractivity contribution in [3.8, 4) is 0 Å². The van der Waals surface area contributed by atoms with Gasteiger partial charge in [0.2, 0.25) is 0 Å². The predicted molar refractivity (Wildman–Crippen MR) is 84.0 cm³/mol. The first-order valence-electron chi connectivity index (χ1n) is 5.72. The van der Waals surface area contributed by atoms with E-state index < -0.39 is 0 Å². The third-order valence-electron chi connectivity index (χ3n) is 2.74. The van der Waals surface area contributed by atoms with Gasteiger partial charge < -0.3 is 4.90 Å². The number of carbonyl (C=O) groups excluding carboxylic acids is 1. The summed E-state index contributed by atoms with van der Waals surface area (Å²) in [6.07, 6.45) is 0. The van der Waals surface area contributed by atoms with E-state index in [4.69, 9.17) is 11.6 Å². The molecule has 1 amide bonds. The lowest BCUT2D eigenvalue weighted by molar-refractivity contribution is 0.0785. The molecule has 0 unspecified atom stereocenters. The first-order chi connectivity index (χ1) is 8.97. The van der Waals surface area contributed by atoms with Crippen LogP contribution in [0.2, 0.25) is 5.02 Å². The molecular weight excluding hydrogens is 346 g/mol. The summed E-state index contributed by atoms with van der Waals surface area (Å²) in [6, 6.07) is 7.50. The lowest BCUT2D eigenvalue weighted by Gasteiger charge is -2.17. The quantitative estimate of drug-likeness (QED) is 0.775. The molecule has 0 aliphatic heterocycles. The van der Waals surface area contributed by atoms with Crippen LogP contribution in [0.15, 0.2) is 33.4 Å². The van der Waals surface area contributed by atoms with E-state index in [2.05, 4.69) is 15.9 Å². The van der Waals surface area contributed by atoms with E-state index in [9.17, 15) is 4.79 Å². The van der Waals surface area contributed by atoms with Gasteiger partial charge in [0.05, 0.1) is 14.4 Å². The molecule has 0 bridgehead atoms. The van der Waals surface area contributed by atoms with Gasteiger partial charge in [-0.3, -0.25) is 4.79 Å². The first-order valence-corrected chi connectivity index (χ1v) is 7.77. The van der Waals surface area contributed by atoms with Crippen molar-refractivity contribution in [1.82, 2.24) is 4.90 Å². The molecule has 0 spiro atoms. The van der Waals surface area contributed by atoms with Crippen LogP contribution >= 0.6 is 38.9 Å². The topological polar surface area (TPSA) is 20.3 Å². The molecule has 100 valence electrons. The molecule has 2 rings (SSSR count). The highest BCUT2D eigenvalue weighted by atomic mass is 79.9. The van der Waals surface area contributed by atoms with E-state index in [1.54, 1.807) is 29.4 Å². The van der Waals surface area contributed by atoms with Crippen LogP contribution in [-0.2, 0) is 6.54 Å². The summed E-state index contributed by atoms with van der Waals surface area (Å²) in [5.74, 6) is -0.0627. The Morgan fingerprint density at radius 3 is 2.74 bits per heavy atom. The van der Waals surface area contributed by atoms with E-state index in [1.807, 2.05) is 30.5 Å². The lowest BCUT2D eigenvalue weighted by atomic mass is 10.1. The second kappa shape index (κ2) is 6.07. The van der Waals surface area contributed by atoms with Crippen LogP contribution in [-0.4, -0.2) is 17.9 Å². The summed E-state index contributed by atoms with van der Waals surface area (Å²) in [5, 5.41) is 2.54. The Kier molecular flexibility index (Phi) is 4.66. The van der Waals surface area contributed by atoms with E-state index in [-0.39, 0.29) is 5.91 Å². The van der Waals surface area contributed by atoms with Gasteiger partial charge in [0, 0.05) is 13.6 Å². The molecule has 1 aromatic carbocycles. The fourth-order valence-electron chi connectivity index (χ4n) is 1.77. The number of thiophene rings is 1. The van der Waals surface area contributed by atoms with Gasteiger partial charge in [-0.2, -0.15) is 0 Å². The average Bonchev–Trinajstić information content (AvgIpc) is 2.74. The number of aryl methyl sites for hydroxylation is 1. The Bertz CT molecular complexity index is 611. The molecule has 1 heterocycles. The summed E-state index contributed by atoms with van der Waals surface area (Å²) in [5.41, 5.74) is 2.70. The zero-order chi connectivity index (χ0) is 14.0. The molecule has 0 saturated heterocycles. The Morgan fingerprint density at radius 1 is 1.42 bits per heavy atom. The summed E-state index contributed by atoms with van der Waals surface area (Å²) in [4.78, 5) is 14.0. The minimum absolute atomic E-state index is 0.0627. The summed E-state index contributed by atoms with van der Waals surface area (Å²) < 4.78 is 1.07. The molecular formula is C14H13BrClNOS. The van der Waals surface area contributed by atoms with Crippen LogP contribution in [0, 0.1) is 6.92 Å². The molecule has 0 radical (unpaired) electrons. The van der Waals surface area contributed by atoms with Crippen LogP contribution in [0.5, 0.6) is 0 Å². The molecule has 0 fully saturated rings. The Labute approximate surface area is 130 Å². The SMILES string of the molecule is Cc1ccc(C(=O)N(C)Cc2csc(Br)c2)c(Cl)c1. The maximum absolute atomic E-state index is 12.3. The molecule has 0 N–H and O–H groups in total. The van der Waals surface area contributed by atoms with Gasteiger partial charge in [-0.25, -0.2) is 0 Å². The van der Waals surface area contributed by atoms with E-state index in [0.717, 1.165) is 14.9 Å². The zero-order valence-corrected chi connectivity index (χ0v) is 13.8. The fourth-order valence-corrected chi connectivity index (χ4v) is 3.29. The van der Waals surface area contributed by atoms with E-state index in [1.165, 1.54) is 0 Å². The molecule has 5 heteroatoms. The standard InChI is InChI=1S/C14H13BrClNOS/c1-9-3-4-11(12(16)5-9)14(18)17(2)7-10-6-13(15)19-8-10/h3-6,8H,7H2,1-2H3. The third kappa shape index (κ3) is 3.59. The fraction of sp³-hybridized carbons (Fsp3) is 0.214. The number of amides is 1. The van der Waals surface area contributed by atoms with Crippen LogP contribution in [0.3, 0.4) is 0 Å². The van der Waals surface area contributed by atoms with Crippen molar-refractivity contribution < 1.29 is 4.79 Å². The molecule has 2 aromatic rings. The van der Waals surface area contributed by atoms with Gasteiger partial charge in [0.25, 0.3) is 5.91 Å². The highest BCUT2D eigenvalue weighted by Gasteiger charge is 2.15. The molecule has 1 aromatic heterocycles. The normalized spacial score (nSPS) is 10.5. The highest BCUT2D eigenvalue weighted by molar-refractivity contribution is 9.11.